The van der Waals surface area contributed by atoms with Crippen molar-refractivity contribution < 1.29 is 22.7 Å². The van der Waals surface area contributed by atoms with Gasteiger partial charge < -0.3 is 14.8 Å². The van der Waals surface area contributed by atoms with Gasteiger partial charge in [0.2, 0.25) is 0 Å². The Labute approximate surface area is 173 Å². The number of sulfonamides is 1. The third-order valence-corrected chi connectivity index (χ3v) is 6.65. The summed E-state index contributed by atoms with van der Waals surface area (Å²) in [5.41, 5.74) is 0.802. The largest absolute Gasteiger partial charge is 0.493 e. The van der Waals surface area contributed by atoms with Crippen LogP contribution < -0.4 is 19.5 Å². The summed E-state index contributed by atoms with van der Waals surface area (Å²) in [4.78, 5) is 12.2. The molecule has 29 heavy (non-hydrogen) atoms. The number of ether oxygens (including phenoxy) is 2. The lowest BCUT2D eigenvalue weighted by atomic mass is 10.2. The number of carbonyl (C=O) groups excluding carboxylic acids is 1. The van der Waals surface area contributed by atoms with Crippen LogP contribution >= 0.6 is 11.3 Å². The number of rotatable bonds is 9. The molecule has 0 fully saturated rings. The fourth-order valence-corrected chi connectivity index (χ4v) is 4.53. The van der Waals surface area contributed by atoms with E-state index in [1.165, 1.54) is 6.07 Å². The molecule has 1 amide bonds. The summed E-state index contributed by atoms with van der Waals surface area (Å²) in [5, 5.41) is 4.45. The Bertz CT molecular complexity index is 1050. The lowest BCUT2D eigenvalue weighted by Gasteiger charge is -2.11. The van der Waals surface area contributed by atoms with E-state index in [1.807, 2.05) is 12.1 Å². The molecule has 1 heterocycles. The standard InChI is InChI=1S/C20H20N2O5S2/c1-26-17-5-2-3-6-18(17)27-13-12-21-20(23)15-8-10-16(11-9-15)22-29(24,25)19-7-4-14-28-19/h2-11,14,22H,12-13H2,1H3,(H,21,23). The van der Waals surface area contributed by atoms with Crippen LogP contribution in [0.1, 0.15) is 10.4 Å². The van der Waals surface area contributed by atoms with Gasteiger partial charge in [0, 0.05) is 11.3 Å². The van der Waals surface area contributed by atoms with E-state index in [9.17, 15) is 13.2 Å². The first-order valence-electron chi connectivity index (χ1n) is 8.70. The normalized spacial score (nSPS) is 10.9. The average Bonchev–Trinajstić information content (AvgIpc) is 3.27. The zero-order valence-electron chi connectivity index (χ0n) is 15.6. The predicted octanol–water partition coefficient (Wildman–Crippen LogP) is 3.37. The zero-order chi connectivity index (χ0) is 20.7. The Morgan fingerprint density at radius 1 is 1.00 bits per heavy atom. The summed E-state index contributed by atoms with van der Waals surface area (Å²) < 4.78 is 38.0. The number of anilines is 1. The Kier molecular flexibility index (Phi) is 6.73. The number of amides is 1. The van der Waals surface area contributed by atoms with Crippen molar-refractivity contribution in [1.29, 1.82) is 0 Å². The predicted molar refractivity (Wildman–Crippen MR) is 112 cm³/mol. The third kappa shape index (κ3) is 5.49. The molecule has 0 radical (unpaired) electrons. The second kappa shape index (κ2) is 9.44. The first-order chi connectivity index (χ1) is 14.0. The second-order valence-electron chi connectivity index (χ2n) is 5.87. The van der Waals surface area contributed by atoms with Crippen molar-refractivity contribution in [3.63, 3.8) is 0 Å². The van der Waals surface area contributed by atoms with Gasteiger partial charge in [0.25, 0.3) is 15.9 Å². The maximum absolute atomic E-state index is 12.2. The summed E-state index contributed by atoms with van der Waals surface area (Å²) in [5.74, 6) is 0.951. The van der Waals surface area contributed by atoms with Crippen molar-refractivity contribution in [2.45, 2.75) is 4.21 Å². The van der Waals surface area contributed by atoms with Crippen molar-refractivity contribution in [3.05, 3.63) is 71.6 Å². The van der Waals surface area contributed by atoms with E-state index in [-0.39, 0.29) is 16.7 Å². The van der Waals surface area contributed by atoms with Crippen molar-refractivity contribution in [2.24, 2.45) is 0 Å². The van der Waals surface area contributed by atoms with E-state index in [0.29, 0.717) is 29.3 Å². The molecule has 2 aromatic carbocycles. The van der Waals surface area contributed by atoms with Gasteiger partial charge in [-0.25, -0.2) is 8.42 Å². The first-order valence-corrected chi connectivity index (χ1v) is 11.1. The van der Waals surface area contributed by atoms with Crippen LogP contribution in [-0.4, -0.2) is 34.6 Å². The average molecular weight is 433 g/mol. The minimum Gasteiger partial charge on any atom is -0.493 e. The quantitative estimate of drug-likeness (QED) is 0.506. The van der Waals surface area contributed by atoms with Crippen molar-refractivity contribution in [3.8, 4) is 11.5 Å². The van der Waals surface area contributed by atoms with E-state index in [4.69, 9.17) is 9.47 Å². The van der Waals surface area contributed by atoms with Crippen LogP contribution in [0.2, 0.25) is 0 Å². The van der Waals surface area contributed by atoms with Gasteiger partial charge in [-0.15, -0.1) is 11.3 Å². The Morgan fingerprint density at radius 2 is 1.72 bits per heavy atom. The van der Waals surface area contributed by atoms with Gasteiger partial charge in [0.15, 0.2) is 11.5 Å². The maximum Gasteiger partial charge on any atom is 0.271 e. The molecule has 0 aliphatic rings. The highest BCUT2D eigenvalue weighted by molar-refractivity contribution is 7.94. The Balaban J connectivity index is 1.50. The second-order valence-corrected chi connectivity index (χ2v) is 8.73. The van der Waals surface area contributed by atoms with Crippen LogP contribution in [0, 0.1) is 0 Å². The topological polar surface area (TPSA) is 93.7 Å². The van der Waals surface area contributed by atoms with E-state index < -0.39 is 10.0 Å². The minimum atomic E-state index is -3.61. The SMILES string of the molecule is COc1ccccc1OCCNC(=O)c1ccc(NS(=O)(=O)c2cccs2)cc1. The number of para-hydroxylation sites is 2. The minimum absolute atomic E-state index is 0.231. The molecule has 0 spiro atoms. The molecule has 0 bridgehead atoms. The number of methoxy groups -OCH3 is 1. The van der Waals surface area contributed by atoms with Crippen molar-refractivity contribution in [2.75, 3.05) is 25.0 Å². The van der Waals surface area contributed by atoms with Crippen LogP contribution in [0.25, 0.3) is 0 Å². The van der Waals surface area contributed by atoms with Crippen LogP contribution in [0.3, 0.4) is 0 Å². The molecule has 0 saturated carbocycles. The zero-order valence-corrected chi connectivity index (χ0v) is 17.3. The third-order valence-electron chi connectivity index (χ3n) is 3.87. The highest BCUT2D eigenvalue weighted by atomic mass is 32.2. The van der Waals surface area contributed by atoms with Gasteiger partial charge in [-0.1, -0.05) is 18.2 Å². The van der Waals surface area contributed by atoms with E-state index in [1.54, 1.807) is 55.0 Å². The maximum atomic E-state index is 12.2. The summed E-state index contributed by atoms with van der Waals surface area (Å²) >= 11 is 1.13. The highest BCUT2D eigenvalue weighted by Crippen LogP contribution is 2.25. The molecule has 3 rings (SSSR count). The Morgan fingerprint density at radius 3 is 2.38 bits per heavy atom. The summed E-state index contributed by atoms with van der Waals surface area (Å²) in [7, 11) is -2.05. The molecule has 0 atom stereocenters. The fraction of sp³-hybridized carbons (Fsp3) is 0.150. The molecular weight excluding hydrogens is 412 g/mol. The van der Waals surface area contributed by atoms with Gasteiger partial charge in [-0.05, 0) is 47.8 Å². The van der Waals surface area contributed by atoms with Gasteiger partial charge in [0.05, 0.1) is 13.7 Å². The summed E-state index contributed by atoms with van der Waals surface area (Å²) in [6, 6.07) is 16.7. The number of benzene rings is 2. The van der Waals surface area contributed by atoms with Gasteiger partial charge >= 0.3 is 0 Å². The number of thiophene rings is 1. The highest BCUT2D eigenvalue weighted by Gasteiger charge is 2.15. The summed E-state index contributed by atoms with van der Waals surface area (Å²) in [6.07, 6.45) is 0. The molecule has 7 nitrogen and oxygen atoms in total. The number of carbonyl (C=O) groups is 1. The van der Waals surface area contributed by atoms with Crippen LogP contribution in [0.5, 0.6) is 11.5 Å². The molecule has 152 valence electrons. The molecule has 0 saturated heterocycles. The fourth-order valence-electron chi connectivity index (χ4n) is 2.48. The molecule has 0 aliphatic carbocycles. The van der Waals surface area contributed by atoms with Gasteiger partial charge in [-0.2, -0.15) is 0 Å². The van der Waals surface area contributed by atoms with Gasteiger partial charge in [-0.3, -0.25) is 9.52 Å². The monoisotopic (exact) mass is 432 g/mol. The van der Waals surface area contributed by atoms with E-state index >= 15 is 0 Å². The lowest BCUT2D eigenvalue weighted by Crippen LogP contribution is -2.28. The molecular formula is C20H20N2O5S2. The summed E-state index contributed by atoms with van der Waals surface area (Å²) in [6.45, 7) is 0.592. The molecule has 3 aromatic rings. The first kappa shape index (κ1) is 20.7. The molecule has 9 heteroatoms. The van der Waals surface area contributed by atoms with Crippen LogP contribution in [0.15, 0.2) is 70.3 Å². The van der Waals surface area contributed by atoms with Crippen molar-refractivity contribution >= 4 is 33.0 Å². The molecule has 0 unspecified atom stereocenters. The lowest BCUT2D eigenvalue weighted by molar-refractivity contribution is 0.0947. The molecule has 2 N–H and O–H groups in total. The van der Waals surface area contributed by atoms with Gasteiger partial charge in [0.1, 0.15) is 10.8 Å². The van der Waals surface area contributed by atoms with E-state index in [2.05, 4.69) is 10.0 Å². The number of hydrogen-bond acceptors (Lipinski definition) is 6. The smallest absolute Gasteiger partial charge is 0.271 e. The molecule has 1 aromatic heterocycles. The number of hydrogen-bond donors (Lipinski definition) is 2. The Hall–Kier alpha value is -3.04. The van der Waals surface area contributed by atoms with Crippen LogP contribution in [0.4, 0.5) is 5.69 Å². The van der Waals surface area contributed by atoms with Crippen LogP contribution in [-0.2, 0) is 10.0 Å². The molecule has 0 aliphatic heterocycles. The van der Waals surface area contributed by atoms with E-state index in [0.717, 1.165) is 11.3 Å². The number of nitrogens with one attached hydrogen (secondary N) is 2. The van der Waals surface area contributed by atoms with Crippen molar-refractivity contribution in [1.82, 2.24) is 5.32 Å².